The molecule has 1 amide bonds. The number of fused-ring (bicyclic) bond motifs is 2. The van der Waals surface area contributed by atoms with Gasteiger partial charge in [-0.15, -0.1) is 11.3 Å². The van der Waals surface area contributed by atoms with Crippen LogP contribution in [-0.2, 0) is 4.79 Å². The van der Waals surface area contributed by atoms with E-state index < -0.39 is 6.10 Å². The van der Waals surface area contributed by atoms with Crippen molar-refractivity contribution in [2.75, 3.05) is 11.9 Å². The summed E-state index contributed by atoms with van der Waals surface area (Å²) in [4.78, 5) is 17.1. The van der Waals surface area contributed by atoms with Gasteiger partial charge in [0.25, 0.3) is 5.91 Å². The van der Waals surface area contributed by atoms with Crippen molar-refractivity contribution in [3.63, 3.8) is 0 Å². The summed E-state index contributed by atoms with van der Waals surface area (Å²) in [6.45, 7) is 0.172. The molecule has 28 heavy (non-hydrogen) atoms. The molecule has 1 unspecified atom stereocenters. The van der Waals surface area contributed by atoms with Crippen LogP contribution in [0, 0.1) is 0 Å². The molecule has 0 bridgehead atoms. The largest absolute Gasteiger partial charge is 0.485 e. The van der Waals surface area contributed by atoms with Crippen molar-refractivity contribution >= 4 is 33.1 Å². The zero-order valence-electron chi connectivity index (χ0n) is 14.8. The van der Waals surface area contributed by atoms with Gasteiger partial charge in [0.2, 0.25) is 6.10 Å². The highest BCUT2D eigenvalue weighted by atomic mass is 32.1. The average Bonchev–Trinajstić information content (AvgIpc) is 3.21. The van der Waals surface area contributed by atoms with Crippen LogP contribution >= 0.6 is 11.3 Å². The maximum Gasteiger partial charge on any atom is 0.270 e. The number of carbonyl (C=O) groups excluding carboxylic acids is 1. The summed E-state index contributed by atoms with van der Waals surface area (Å²) in [5.74, 6) is 0.957. The van der Waals surface area contributed by atoms with Crippen LogP contribution in [0.4, 0.5) is 5.13 Å². The number of para-hydroxylation sites is 2. The molecule has 0 radical (unpaired) electrons. The molecule has 0 saturated carbocycles. The van der Waals surface area contributed by atoms with Crippen molar-refractivity contribution < 1.29 is 14.3 Å². The predicted molar refractivity (Wildman–Crippen MR) is 110 cm³/mol. The van der Waals surface area contributed by atoms with Gasteiger partial charge in [-0.25, -0.2) is 4.98 Å². The van der Waals surface area contributed by atoms with Gasteiger partial charge < -0.3 is 9.47 Å². The monoisotopic (exact) mass is 388 g/mol. The van der Waals surface area contributed by atoms with Crippen molar-refractivity contribution in [2.24, 2.45) is 0 Å². The number of carbonyl (C=O) groups is 1. The first kappa shape index (κ1) is 16.8. The third-order valence-corrected chi connectivity index (χ3v) is 5.34. The van der Waals surface area contributed by atoms with Gasteiger partial charge >= 0.3 is 0 Å². The van der Waals surface area contributed by atoms with Crippen molar-refractivity contribution in [1.82, 2.24) is 4.98 Å². The maximum absolute atomic E-state index is 12.5. The molecule has 5 nitrogen and oxygen atoms in total. The van der Waals surface area contributed by atoms with Gasteiger partial charge in [-0.3, -0.25) is 10.1 Å². The summed E-state index contributed by atoms with van der Waals surface area (Å²) in [6, 6.07) is 21.7. The molecule has 2 heterocycles. The molecule has 6 heteroatoms. The van der Waals surface area contributed by atoms with E-state index in [4.69, 9.17) is 9.47 Å². The molecular weight excluding hydrogens is 372 g/mol. The van der Waals surface area contributed by atoms with Crippen molar-refractivity contribution in [3.05, 3.63) is 72.1 Å². The molecule has 1 aliphatic heterocycles. The van der Waals surface area contributed by atoms with E-state index in [0.717, 1.165) is 16.6 Å². The van der Waals surface area contributed by atoms with Crippen LogP contribution in [0.1, 0.15) is 0 Å². The highest BCUT2D eigenvalue weighted by Crippen LogP contribution is 2.32. The third-order valence-electron chi connectivity index (χ3n) is 4.58. The number of ether oxygens (including phenoxy) is 2. The minimum absolute atomic E-state index is 0.172. The highest BCUT2D eigenvalue weighted by Gasteiger charge is 2.27. The van der Waals surface area contributed by atoms with Gasteiger partial charge in [0, 0.05) is 10.9 Å². The molecule has 1 aromatic heterocycles. The van der Waals surface area contributed by atoms with Gasteiger partial charge in [-0.05, 0) is 29.0 Å². The molecule has 4 aromatic rings. The number of nitrogens with zero attached hydrogens (tertiary/aromatic N) is 1. The second-order valence-corrected chi connectivity index (χ2v) is 7.31. The number of thiazole rings is 1. The summed E-state index contributed by atoms with van der Waals surface area (Å²) in [6.07, 6.45) is -0.706. The summed E-state index contributed by atoms with van der Waals surface area (Å²) >= 11 is 1.39. The quantitative estimate of drug-likeness (QED) is 0.551. The Bertz CT molecular complexity index is 1170. The first-order valence-corrected chi connectivity index (χ1v) is 9.78. The molecule has 138 valence electrons. The fourth-order valence-electron chi connectivity index (χ4n) is 3.15. The Morgan fingerprint density at radius 1 is 1.00 bits per heavy atom. The van der Waals surface area contributed by atoms with Crippen LogP contribution in [0.25, 0.3) is 22.0 Å². The number of benzene rings is 3. The Morgan fingerprint density at radius 3 is 2.68 bits per heavy atom. The van der Waals surface area contributed by atoms with Gasteiger partial charge in [-0.2, -0.15) is 0 Å². The predicted octanol–water partition coefficient (Wildman–Crippen LogP) is 4.74. The van der Waals surface area contributed by atoms with Crippen LogP contribution in [-0.4, -0.2) is 23.6 Å². The first-order chi connectivity index (χ1) is 13.8. The zero-order valence-corrected chi connectivity index (χ0v) is 15.6. The summed E-state index contributed by atoms with van der Waals surface area (Å²) in [7, 11) is 0. The zero-order chi connectivity index (χ0) is 18.9. The van der Waals surface area contributed by atoms with E-state index >= 15 is 0 Å². The molecule has 3 aromatic carbocycles. The minimum Gasteiger partial charge on any atom is -0.485 e. The van der Waals surface area contributed by atoms with E-state index in [1.165, 1.54) is 16.7 Å². The SMILES string of the molecule is O=C(Nc1nc(-c2ccc3ccccc3c2)cs1)C1COc2ccccc2O1. The number of nitrogens with one attached hydrogen (secondary N) is 1. The topological polar surface area (TPSA) is 60.5 Å². The number of anilines is 1. The fraction of sp³-hybridized carbons (Fsp3) is 0.0909. The van der Waals surface area contributed by atoms with Gasteiger partial charge in [0.05, 0.1) is 5.69 Å². The Kier molecular flexibility index (Phi) is 4.18. The van der Waals surface area contributed by atoms with E-state index in [-0.39, 0.29) is 12.5 Å². The van der Waals surface area contributed by atoms with Gasteiger partial charge in [-0.1, -0.05) is 48.5 Å². The fourth-order valence-corrected chi connectivity index (χ4v) is 3.87. The smallest absolute Gasteiger partial charge is 0.270 e. The number of rotatable bonds is 3. The van der Waals surface area contributed by atoms with Gasteiger partial charge in [0.15, 0.2) is 16.6 Å². The van der Waals surface area contributed by atoms with E-state index in [2.05, 4.69) is 34.6 Å². The lowest BCUT2D eigenvalue weighted by molar-refractivity contribution is -0.125. The summed E-state index contributed by atoms with van der Waals surface area (Å²) < 4.78 is 11.4. The molecule has 0 fully saturated rings. The lowest BCUT2D eigenvalue weighted by Gasteiger charge is -2.25. The van der Waals surface area contributed by atoms with Crippen LogP contribution in [0.2, 0.25) is 0 Å². The molecule has 1 atom stereocenters. The van der Waals surface area contributed by atoms with Crippen LogP contribution < -0.4 is 14.8 Å². The molecule has 1 aliphatic rings. The average molecular weight is 388 g/mol. The normalized spacial score (nSPS) is 15.4. The Hall–Kier alpha value is -3.38. The first-order valence-electron chi connectivity index (χ1n) is 8.90. The number of aromatic nitrogens is 1. The van der Waals surface area contributed by atoms with E-state index in [9.17, 15) is 4.79 Å². The van der Waals surface area contributed by atoms with E-state index in [1.807, 2.05) is 41.8 Å². The molecule has 0 saturated heterocycles. The minimum atomic E-state index is -0.706. The standard InChI is InChI=1S/C22H16N2O3S/c25-21(20-12-26-18-7-3-4-8-19(18)27-20)24-22-23-17(13-28-22)16-10-9-14-5-1-2-6-15(14)11-16/h1-11,13,20H,12H2,(H,23,24,25). The van der Waals surface area contributed by atoms with Crippen LogP contribution in [0.5, 0.6) is 11.5 Å². The second kappa shape index (κ2) is 6.98. The Labute approximate surface area is 165 Å². The lowest BCUT2D eigenvalue weighted by atomic mass is 10.1. The third kappa shape index (κ3) is 3.18. The lowest BCUT2D eigenvalue weighted by Crippen LogP contribution is -2.40. The van der Waals surface area contributed by atoms with E-state index in [1.54, 1.807) is 6.07 Å². The highest BCUT2D eigenvalue weighted by molar-refractivity contribution is 7.14. The van der Waals surface area contributed by atoms with Gasteiger partial charge in [0.1, 0.15) is 6.61 Å². The molecule has 1 N–H and O–H groups in total. The van der Waals surface area contributed by atoms with Crippen LogP contribution in [0.15, 0.2) is 72.1 Å². The van der Waals surface area contributed by atoms with Crippen molar-refractivity contribution in [3.8, 4) is 22.8 Å². The van der Waals surface area contributed by atoms with Crippen molar-refractivity contribution in [2.45, 2.75) is 6.10 Å². The Morgan fingerprint density at radius 2 is 1.79 bits per heavy atom. The van der Waals surface area contributed by atoms with Crippen LogP contribution in [0.3, 0.4) is 0 Å². The number of amides is 1. The summed E-state index contributed by atoms with van der Waals surface area (Å²) in [5.41, 5.74) is 1.85. The number of hydrogen-bond donors (Lipinski definition) is 1. The van der Waals surface area contributed by atoms with E-state index in [0.29, 0.717) is 16.6 Å². The Balaban J connectivity index is 1.31. The maximum atomic E-state index is 12.5. The number of hydrogen-bond acceptors (Lipinski definition) is 5. The van der Waals surface area contributed by atoms with Crippen molar-refractivity contribution in [1.29, 1.82) is 0 Å². The molecule has 5 rings (SSSR count). The molecular formula is C22H16N2O3S. The summed E-state index contributed by atoms with van der Waals surface area (Å²) in [5, 5.41) is 7.65. The molecule has 0 aliphatic carbocycles. The second-order valence-electron chi connectivity index (χ2n) is 6.45. The molecule has 0 spiro atoms.